The second-order valence-electron chi connectivity index (χ2n) is 5.58. The van der Waals surface area contributed by atoms with Gasteiger partial charge in [0.15, 0.2) is 6.10 Å². The molecule has 0 aliphatic rings. The van der Waals surface area contributed by atoms with Crippen molar-refractivity contribution < 1.29 is 27.5 Å². The number of nitrogens with one attached hydrogen (secondary N) is 1. The number of aliphatic hydroxyl groups excluding tert-OH is 1. The number of aryl methyl sites for hydroxylation is 2. The van der Waals surface area contributed by atoms with Gasteiger partial charge in [0.2, 0.25) is 0 Å². The van der Waals surface area contributed by atoms with Crippen molar-refractivity contribution in [2.45, 2.75) is 39.1 Å². The van der Waals surface area contributed by atoms with E-state index in [0.29, 0.717) is 16.7 Å². The lowest BCUT2D eigenvalue weighted by Gasteiger charge is -2.25. The fourth-order valence-electron chi connectivity index (χ4n) is 2.05. The number of likely N-dealkylation sites (N-methyl/N-ethyl adjacent to an activating group) is 1. The van der Waals surface area contributed by atoms with E-state index in [2.05, 4.69) is 5.32 Å². The van der Waals surface area contributed by atoms with E-state index in [4.69, 9.17) is 5.11 Å². The molecule has 0 heterocycles. The van der Waals surface area contributed by atoms with Crippen molar-refractivity contribution in [2.75, 3.05) is 13.6 Å². The number of halogens is 4. The van der Waals surface area contributed by atoms with Crippen molar-refractivity contribution in [1.29, 1.82) is 0 Å². The van der Waals surface area contributed by atoms with Gasteiger partial charge in [-0.2, -0.15) is 13.2 Å². The summed E-state index contributed by atoms with van der Waals surface area (Å²) in [5.41, 5.74) is 1.48. The molecule has 0 saturated heterocycles. The Morgan fingerprint density at radius 1 is 1.30 bits per heavy atom. The molecule has 2 N–H and O–H groups in total. The van der Waals surface area contributed by atoms with Crippen LogP contribution in [0.2, 0.25) is 0 Å². The zero-order valence-electron chi connectivity index (χ0n) is 13.3. The first-order valence-corrected chi connectivity index (χ1v) is 6.96. The van der Waals surface area contributed by atoms with Gasteiger partial charge in [-0.25, -0.2) is 9.18 Å². The van der Waals surface area contributed by atoms with E-state index < -0.39 is 30.9 Å². The normalized spacial score (nSPS) is 14.3. The molecule has 0 aliphatic heterocycles. The molecular formula is C15H20F4N2O2. The third-order valence-electron chi connectivity index (χ3n) is 3.47. The van der Waals surface area contributed by atoms with Gasteiger partial charge >= 0.3 is 12.2 Å². The van der Waals surface area contributed by atoms with Gasteiger partial charge in [0, 0.05) is 7.05 Å². The van der Waals surface area contributed by atoms with E-state index in [-0.39, 0.29) is 5.82 Å². The molecule has 0 fully saturated rings. The van der Waals surface area contributed by atoms with E-state index in [0.717, 1.165) is 11.9 Å². The summed E-state index contributed by atoms with van der Waals surface area (Å²) < 4.78 is 50.4. The Morgan fingerprint density at radius 2 is 1.78 bits per heavy atom. The molecule has 0 spiro atoms. The second-order valence-corrected chi connectivity index (χ2v) is 5.58. The smallest absolute Gasteiger partial charge is 0.382 e. The first kappa shape index (κ1) is 19.2. The molecule has 0 aliphatic carbocycles. The van der Waals surface area contributed by atoms with E-state index in [1.54, 1.807) is 32.9 Å². The van der Waals surface area contributed by atoms with Crippen molar-refractivity contribution in [1.82, 2.24) is 10.2 Å². The predicted molar refractivity (Wildman–Crippen MR) is 77.5 cm³/mol. The summed E-state index contributed by atoms with van der Waals surface area (Å²) in [5.74, 6) is -0.335. The number of benzene rings is 1. The van der Waals surface area contributed by atoms with Crippen molar-refractivity contribution in [3.05, 3.63) is 34.6 Å². The number of carbonyl (C=O) groups excluding carboxylic acids is 1. The summed E-state index contributed by atoms with van der Waals surface area (Å²) in [6.07, 6.45) is -7.39. The Morgan fingerprint density at radius 3 is 2.22 bits per heavy atom. The number of hydrogen-bond acceptors (Lipinski definition) is 2. The van der Waals surface area contributed by atoms with Gasteiger partial charge in [-0.1, -0.05) is 12.1 Å². The van der Waals surface area contributed by atoms with E-state index in [1.807, 2.05) is 0 Å². The zero-order chi connectivity index (χ0) is 17.9. The lowest BCUT2D eigenvalue weighted by Crippen LogP contribution is -2.46. The minimum absolute atomic E-state index is 0.335. The molecule has 1 rings (SSSR count). The Hall–Kier alpha value is -1.83. The molecule has 0 bridgehead atoms. The van der Waals surface area contributed by atoms with Gasteiger partial charge in [0.1, 0.15) is 5.82 Å². The van der Waals surface area contributed by atoms with Gasteiger partial charge in [-0.15, -0.1) is 0 Å². The Bertz CT molecular complexity index is 552. The average molecular weight is 336 g/mol. The van der Waals surface area contributed by atoms with Crippen LogP contribution in [0.15, 0.2) is 12.1 Å². The number of rotatable bonds is 4. The Labute approximate surface area is 132 Å². The third kappa shape index (κ3) is 5.09. The average Bonchev–Trinajstić information content (AvgIpc) is 2.42. The summed E-state index contributed by atoms with van der Waals surface area (Å²) in [4.78, 5) is 12.6. The monoisotopic (exact) mass is 336 g/mol. The quantitative estimate of drug-likeness (QED) is 0.831. The molecule has 23 heavy (non-hydrogen) atoms. The molecule has 4 nitrogen and oxygen atoms in total. The lowest BCUT2D eigenvalue weighted by atomic mass is 10.0. The number of carbonyl (C=O) groups is 1. The van der Waals surface area contributed by atoms with Gasteiger partial charge in [-0.05, 0) is 37.5 Å². The van der Waals surface area contributed by atoms with Crippen LogP contribution >= 0.6 is 0 Å². The highest BCUT2D eigenvalue weighted by atomic mass is 19.4. The van der Waals surface area contributed by atoms with Gasteiger partial charge in [0.05, 0.1) is 12.6 Å². The summed E-state index contributed by atoms with van der Waals surface area (Å²) >= 11 is 0. The SMILES string of the molecule is Cc1cc([C@@H](C)NC(=O)N(C)C[C@@H](O)C(F)(F)F)cc(C)c1F. The zero-order valence-corrected chi connectivity index (χ0v) is 13.3. The molecule has 1 aromatic carbocycles. The molecule has 130 valence electrons. The maximum Gasteiger partial charge on any atom is 0.416 e. The maximum absolute atomic E-state index is 13.6. The van der Waals surface area contributed by atoms with Crippen LogP contribution in [0.4, 0.5) is 22.4 Å². The Balaban J connectivity index is 2.73. The fraction of sp³-hybridized carbons (Fsp3) is 0.533. The van der Waals surface area contributed by atoms with Crippen LogP contribution in [-0.2, 0) is 0 Å². The van der Waals surface area contributed by atoms with Crippen molar-refractivity contribution in [2.24, 2.45) is 0 Å². The highest BCUT2D eigenvalue weighted by molar-refractivity contribution is 5.74. The van der Waals surface area contributed by atoms with Gasteiger partial charge in [0.25, 0.3) is 0 Å². The molecule has 1 aromatic rings. The number of nitrogens with zero attached hydrogens (tertiary/aromatic N) is 1. The highest BCUT2D eigenvalue weighted by Crippen LogP contribution is 2.22. The van der Waals surface area contributed by atoms with Crippen LogP contribution in [-0.4, -0.2) is 41.9 Å². The molecule has 0 aromatic heterocycles. The van der Waals surface area contributed by atoms with Crippen LogP contribution in [0.5, 0.6) is 0 Å². The lowest BCUT2D eigenvalue weighted by molar-refractivity contribution is -0.205. The van der Waals surface area contributed by atoms with Crippen molar-refractivity contribution in [3.8, 4) is 0 Å². The third-order valence-corrected chi connectivity index (χ3v) is 3.47. The van der Waals surface area contributed by atoms with Crippen molar-refractivity contribution >= 4 is 6.03 Å². The summed E-state index contributed by atoms with van der Waals surface area (Å²) in [7, 11) is 1.15. The number of amides is 2. The molecule has 0 unspecified atom stereocenters. The van der Waals surface area contributed by atoms with Crippen LogP contribution < -0.4 is 5.32 Å². The first-order chi connectivity index (χ1) is 10.4. The minimum Gasteiger partial charge on any atom is -0.382 e. The van der Waals surface area contributed by atoms with Crippen LogP contribution in [0.3, 0.4) is 0 Å². The van der Waals surface area contributed by atoms with E-state index in [9.17, 15) is 22.4 Å². The molecule has 0 saturated carbocycles. The number of urea groups is 1. The number of aliphatic hydroxyl groups is 1. The summed E-state index contributed by atoms with van der Waals surface area (Å²) in [5, 5.41) is 11.5. The minimum atomic E-state index is -4.79. The van der Waals surface area contributed by atoms with Gasteiger partial charge in [-0.3, -0.25) is 0 Å². The first-order valence-electron chi connectivity index (χ1n) is 6.96. The molecule has 0 radical (unpaired) electrons. The standard InChI is InChI=1S/C15H20F4N2O2/c1-8-5-11(6-9(2)13(8)16)10(3)20-14(23)21(4)7-12(22)15(17,18)19/h5-6,10,12,22H,7H2,1-4H3,(H,20,23)/t10-,12-/m1/s1. The number of hydrogen-bond donors (Lipinski definition) is 2. The highest BCUT2D eigenvalue weighted by Gasteiger charge is 2.39. The predicted octanol–water partition coefficient (Wildman–Crippen LogP) is 3.07. The molecular weight excluding hydrogens is 316 g/mol. The topological polar surface area (TPSA) is 52.6 Å². The largest absolute Gasteiger partial charge is 0.416 e. The molecule has 8 heteroatoms. The van der Waals surface area contributed by atoms with Crippen LogP contribution in [0.25, 0.3) is 0 Å². The van der Waals surface area contributed by atoms with Gasteiger partial charge < -0.3 is 15.3 Å². The maximum atomic E-state index is 13.6. The second kappa shape index (κ2) is 7.16. The summed E-state index contributed by atoms with van der Waals surface area (Å²) in [6, 6.07) is 1.85. The molecule has 2 atom stereocenters. The molecule has 2 amide bonds. The van der Waals surface area contributed by atoms with E-state index in [1.165, 1.54) is 0 Å². The van der Waals surface area contributed by atoms with Crippen LogP contribution in [0.1, 0.15) is 29.7 Å². The van der Waals surface area contributed by atoms with Crippen LogP contribution in [0, 0.1) is 19.7 Å². The summed E-state index contributed by atoms with van der Waals surface area (Å²) in [6.45, 7) is 3.94. The Kier molecular flexibility index (Phi) is 5.98. The van der Waals surface area contributed by atoms with Crippen molar-refractivity contribution in [3.63, 3.8) is 0 Å². The fourth-order valence-corrected chi connectivity index (χ4v) is 2.05. The van der Waals surface area contributed by atoms with E-state index >= 15 is 0 Å². The number of alkyl halides is 3.